The Balaban J connectivity index is 1.25. The number of pyridine rings is 4. The molecule has 7 rings (SSSR count). The van der Waals surface area contributed by atoms with Gasteiger partial charge in [-0.3, -0.25) is 0 Å². The Kier molecular flexibility index (Phi) is 5.98. The molecular formula is C34H18N6S. The van der Waals surface area contributed by atoms with Crippen molar-refractivity contribution in [1.82, 2.24) is 19.9 Å². The number of nitrogens with zero attached hydrogens (tertiary/aromatic N) is 6. The van der Waals surface area contributed by atoms with Crippen LogP contribution in [0.2, 0.25) is 0 Å². The van der Waals surface area contributed by atoms with E-state index < -0.39 is 0 Å². The van der Waals surface area contributed by atoms with Gasteiger partial charge in [0.15, 0.2) is 0 Å². The van der Waals surface area contributed by atoms with Crippen LogP contribution in [0.4, 0.5) is 0 Å². The summed E-state index contributed by atoms with van der Waals surface area (Å²) in [6.45, 7) is 0. The van der Waals surface area contributed by atoms with Gasteiger partial charge in [-0.2, -0.15) is 10.5 Å². The van der Waals surface area contributed by atoms with Crippen LogP contribution in [0.25, 0.3) is 65.2 Å². The van der Waals surface area contributed by atoms with Gasteiger partial charge in [0.1, 0.15) is 23.5 Å². The first-order valence-corrected chi connectivity index (χ1v) is 13.6. The first-order chi connectivity index (χ1) is 20.2. The second-order valence-electron chi connectivity index (χ2n) is 9.42. The van der Waals surface area contributed by atoms with Gasteiger partial charge in [-0.25, -0.2) is 19.9 Å². The van der Waals surface area contributed by atoms with Crippen molar-refractivity contribution in [3.8, 4) is 57.2 Å². The van der Waals surface area contributed by atoms with Crippen LogP contribution in [0.1, 0.15) is 11.4 Å². The maximum atomic E-state index is 9.21. The Labute approximate surface area is 239 Å². The van der Waals surface area contributed by atoms with E-state index in [1.165, 1.54) is 20.2 Å². The van der Waals surface area contributed by atoms with Gasteiger partial charge < -0.3 is 0 Å². The monoisotopic (exact) mass is 542 g/mol. The van der Waals surface area contributed by atoms with Crippen LogP contribution in [-0.4, -0.2) is 19.9 Å². The number of aromatic nitrogens is 4. The molecule has 0 fully saturated rings. The number of hydrogen-bond donors (Lipinski definition) is 0. The highest BCUT2D eigenvalue weighted by Crippen LogP contribution is 2.38. The highest BCUT2D eigenvalue weighted by Gasteiger charge is 2.11. The van der Waals surface area contributed by atoms with E-state index >= 15 is 0 Å². The molecule has 0 amide bonds. The normalized spacial score (nSPS) is 10.9. The molecule has 0 aliphatic rings. The molecule has 190 valence electrons. The minimum atomic E-state index is 0.369. The molecule has 41 heavy (non-hydrogen) atoms. The number of hydrogen-bond acceptors (Lipinski definition) is 7. The maximum Gasteiger partial charge on any atom is 0.141 e. The van der Waals surface area contributed by atoms with Crippen molar-refractivity contribution in [3.05, 3.63) is 121 Å². The van der Waals surface area contributed by atoms with Crippen molar-refractivity contribution in [2.24, 2.45) is 0 Å². The van der Waals surface area contributed by atoms with Gasteiger partial charge in [-0.1, -0.05) is 36.4 Å². The lowest BCUT2D eigenvalue weighted by Crippen LogP contribution is -1.90. The molecule has 6 nitrogen and oxygen atoms in total. The molecule has 0 aliphatic carbocycles. The van der Waals surface area contributed by atoms with Gasteiger partial charge >= 0.3 is 0 Å². The molecule has 0 saturated carbocycles. The fraction of sp³-hybridized carbons (Fsp3) is 0. The van der Waals surface area contributed by atoms with E-state index in [-0.39, 0.29) is 0 Å². The fourth-order valence-electron chi connectivity index (χ4n) is 4.91. The standard InChI is InChI=1S/C34H18N6S/c35-19-25-15-23(11-13-37-25)31-5-1-3-29(39-31)21-7-9-27-28-10-8-22(18-34(28)41-33(27)17-21)30-4-2-6-32(40-30)24-12-14-38-26(16-24)20-36/h1-18H. The summed E-state index contributed by atoms with van der Waals surface area (Å²) in [5.74, 6) is 0. The largest absolute Gasteiger partial charge is 0.248 e. The Hall–Kier alpha value is -5.76. The Morgan fingerprint density at radius 2 is 0.902 bits per heavy atom. The van der Waals surface area contributed by atoms with Crippen molar-refractivity contribution in [2.75, 3.05) is 0 Å². The summed E-state index contributed by atoms with van der Waals surface area (Å²) in [6.07, 6.45) is 3.27. The van der Waals surface area contributed by atoms with Crippen LogP contribution in [-0.2, 0) is 0 Å². The van der Waals surface area contributed by atoms with Gasteiger partial charge in [0.05, 0.1) is 22.8 Å². The summed E-state index contributed by atoms with van der Waals surface area (Å²) in [5, 5.41) is 20.8. The number of thiophene rings is 1. The Bertz CT molecular complexity index is 2050. The van der Waals surface area contributed by atoms with Gasteiger partial charge in [0, 0.05) is 54.8 Å². The summed E-state index contributed by atoms with van der Waals surface area (Å²) in [7, 11) is 0. The van der Waals surface area contributed by atoms with Gasteiger partial charge in [0.25, 0.3) is 0 Å². The molecule has 0 atom stereocenters. The van der Waals surface area contributed by atoms with Crippen LogP contribution in [0.15, 0.2) is 109 Å². The third-order valence-electron chi connectivity index (χ3n) is 6.90. The molecule has 0 radical (unpaired) electrons. The maximum absolute atomic E-state index is 9.21. The molecule has 5 aromatic heterocycles. The SMILES string of the molecule is N#Cc1cc(-c2cccc(-c3ccc4c(c3)sc3cc(-c5cccc(-c6ccnc(C#N)c6)n5)ccc34)n2)ccn1. The molecule has 5 heterocycles. The zero-order valence-electron chi connectivity index (χ0n) is 21.5. The average Bonchev–Trinajstić information content (AvgIpc) is 3.42. The minimum Gasteiger partial charge on any atom is -0.248 e. The predicted molar refractivity (Wildman–Crippen MR) is 162 cm³/mol. The van der Waals surface area contributed by atoms with Gasteiger partial charge in [-0.15, -0.1) is 11.3 Å². The average molecular weight is 543 g/mol. The Morgan fingerprint density at radius 3 is 1.32 bits per heavy atom. The summed E-state index contributed by atoms with van der Waals surface area (Å²) in [4.78, 5) is 17.9. The summed E-state index contributed by atoms with van der Waals surface area (Å²) in [6, 6.07) is 36.2. The molecule has 2 aromatic carbocycles. The molecule has 0 unspecified atom stereocenters. The lowest BCUT2D eigenvalue weighted by atomic mass is 10.0. The van der Waals surface area contributed by atoms with Crippen LogP contribution < -0.4 is 0 Å². The highest BCUT2D eigenvalue weighted by molar-refractivity contribution is 7.25. The molecule has 0 aliphatic heterocycles. The van der Waals surface area contributed by atoms with E-state index in [9.17, 15) is 10.5 Å². The highest BCUT2D eigenvalue weighted by atomic mass is 32.1. The van der Waals surface area contributed by atoms with E-state index in [1.54, 1.807) is 35.9 Å². The lowest BCUT2D eigenvalue weighted by molar-refractivity contribution is 1.25. The smallest absolute Gasteiger partial charge is 0.141 e. The van der Waals surface area contributed by atoms with E-state index in [1.807, 2.05) is 48.5 Å². The second-order valence-corrected chi connectivity index (χ2v) is 10.5. The number of nitriles is 2. The van der Waals surface area contributed by atoms with E-state index in [4.69, 9.17) is 9.97 Å². The number of benzene rings is 2. The summed E-state index contributed by atoms with van der Waals surface area (Å²) in [5.41, 5.74) is 7.86. The lowest BCUT2D eigenvalue weighted by Gasteiger charge is -2.06. The quantitative estimate of drug-likeness (QED) is 0.223. The molecule has 0 saturated heterocycles. The molecule has 0 bridgehead atoms. The summed E-state index contributed by atoms with van der Waals surface area (Å²) < 4.78 is 2.36. The van der Waals surface area contributed by atoms with Crippen molar-refractivity contribution in [1.29, 1.82) is 10.5 Å². The topological polar surface area (TPSA) is 99.1 Å². The van der Waals surface area contributed by atoms with Crippen LogP contribution in [0, 0.1) is 22.7 Å². The molecule has 0 spiro atoms. The van der Waals surface area contributed by atoms with Crippen molar-refractivity contribution in [3.63, 3.8) is 0 Å². The molecule has 0 N–H and O–H groups in total. The third kappa shape index (κ3) is 4.57. The van der Waals surface area contributed by atoms with Crippen molar-refractivity contribution in [2.45, 2.75) is 0 Å². The van der Waals surface area contributed by atoms with E-state index in [0.29, 0.717) is 11.4 Å². The predicted octanol–water partition coefficient (Wildman–Crippen LogP) is 8.05. The number of rotatable bonds is 4. The minimum absolute atomic E-state index is 0.369. The summed E-state index contributed by atoms with van der Waals surface area (Å²) >= 11 is 1.75. The molecular weight excluding hydrogens is 524 g/mol. The van der Waals surface area contributed by atoms with Crippen LogP contribution in [0.5, 0.6) is 0 Å². The number of fused-ring (bicyclic) bond motifs is 3. The zero-order valence-corrected chi connectivity index (χ0v) is 22.3. The van der Waals surface area contributed by atoms with Crippen molar-refractivity contribution >= 4 is 31.5 Å². The fourth-order valence-corrected chi connectivity index (χ4v) is 6.09. The third-order valence-corrected chi connectivity index (χ3v) is 8.02. The first kappa shape index (κ1) is 24.3. The molecule has 7 aromatic rings. The van der Waals surface area contributed by atoms with Crippen molar-refractivity contribution < 1.29 is 0 Å². The van der Waals surface area contributed by atoms with Gasteiger partial charge in [-0.05, 0) is 60.7 Å². The van der Waals surface area contributed by atoms with Gasteiger partial charge in [0.2, 0.25) is 0 Å². The second kappa shape index (κ2) is 10.1. The van der Waals surface area contributed by atoms with E-state index in [0.717, 1.165) is 45.0 Å². The molecule has 7 heteroatoms. The first-order valence-electron chi connectivity index (χ1n) is 12.8. The Morgan fingerprint density at radius 1 is 0.488 bits per heavy atom. The van der Waals surface area contributed by atoms with E-state index in [2.05, 4.69) is 58.5 Å². The van der Waals surface area contributed by atoms with Crippen LogP contribution in [0.3, 0.4) is 0 Å². The van der Waals surface area contributed by atoms with Crippen LogP contribution >= 0.6 is 11.3 Å². The zero-order chi connectivity index (χ0) is 27.8.